The first-order valence-electron chi connectivity index (χ1n) is 8.13. The van der Waals surface area contributed by atoms with Gasteiger partial charge in [0.2, 0.25) is 10.0 Å². The van der Waals surface area contributed by atoms with Gasteiger partial charge in [0, 0.05) is 13.1 Å². The summed E-state index contributed by atoms with van der Waals surface area (Å²) in [5.74, 6) is -1.50. The third-order valence-corrected chi connectivity index (χ3v) is 5.85. The first-order chi connectivity index (χ1) is 12.5. The Morgan fingerprint density at radius 3 is 2.30 bits per heavy atom. The van der Waals surface area contributed by atoms with Crippen molar-refractivity contribution in [2.24, 2.45) is 0 Å². The Labute approximate surface area is 168 Å². The van der Waals surface area contributed by atoms with Crippen LogP contribution in [0.4, 0.5) is 0 Å². The van der Waals surface area contributed by atoms with Crippen LogP contribution in [0.5, 0.6) is 0 Å². The molecule has 0 spiro atoms. The van der Waals surface area contributed by atoms with Crippen molar-refractivity contribution in [2.75, 3.05) is 19.7 Å². The van der Waals surface area contributed by atoms with E-state index in [2.05, 4.69) is 4.72 Å². The molecule has 0 bridgehead atoms. The van der Waals surface area contributed by atoms with Gasteiger partial charge in [0.15, 0.2) is 6.61 Å². The van der Waals surface area contributed by atoms with E-state index in [0.717, 1.165) is 6.07 Å². The maximum atomic E-state index is 12.4. The summed E-state index contributed by atoms with van der Waals surface area (Å²) in [6.07, 6.45) is -1.40. The number of esters is 1. The molecule has 0 radical (unpaired) electrons. The van der Waals surface area contributed by atoms with Gasteiger partial charge < -0.3 is 14.7 Å². The quantitative estimate of drug-likeness (QED) is 0.561. The van der Waals surface area contributed by atoms with Gasteiger partial charge in [-0.2, -0.15) is 4.72 Å². The van der Waals surface area contributed by atoms with Gasteiger partial charge in [-0.3, -0.25) is 9.59 Å². The standard InChI is InChI=1S/C16H22Cl2N2O6S/c1-4-20(5-2)14(22)9-26-16(23)15(10(3)21)19-27(24,25)11-6-7-12(17)13(18)8-11/h6-8,10,15,19,21H,4-5,9H2,1-3H3. The molecule has 1 amide bonds. The molecule has 8 nitrogen and oxygen atoms in total. The summed E-state index contributed by atoms with van der Waals surface area (Å²) >= 11 is 11.6. The third-order valence-electron chi connectivity index (χ3n) is 3.67. The minimum atomic E-state index is -4.20. The molecule has 0 saturated heterocycles. The number of hydrogen-bond donors (Lipinski definition) is 2. The van der Waals surface area contributed by atoms with Crippen LogP contribution in [0, 0.1) is 0 Å². The number of hydrogen-bond acceptors (Lipinski definition) is 6. The van der Waals surface area contributed by atoms with Gasteiger partial charge in [-0.05, 0) is 39.0 Å². The summed E-state index contributed by atoms with van der Waals surface area (Å²) in [4.78, 5) is 25.3. The van der Waals surface area contributed by atoms with Crippen molar-refractivity contribution in [3.8, 4) is 0 Å². The molecule has 11 heteroatoms. The van der Waals surface area contributed by atoms with Crippen LogP contribution in [-0.4, -0.2) is 62.1 Å². The molecule has 2 unspecified atom stereocenters. The van der Waals surface area contributed by atoms with Gasteiger partial charge in [0.1, 0.15) is 6.04 Å². The van der Waals surface area contributed by atoms with Gasteiger partial charge in [-0.15, -0.1) is 0 Å². The summed E-state index contributed by atoms with van der Waals surface area (Å²) in [7, 11) is -4.20. The maximum absolute atomic E-state index is 12.4. The molecule has 0 aliphatic heterocycles. The molecule has 152 valence electrons. The van der Waals surface area contributed by atoms with E-state index in [9.17, 15) is 23.1 Å². The van der Waals surface area contributed by atoms with Crippen molar-refractivity contribution >= 4 is 45.1 Å². The Balaban J connectivity index is 2.90. The van der Waals surface area contributed by atoms with Crippen LogP contribution >= 0.6 is 23.2 Å². The van der Waals surface area contributed by atoms with Crippen molar-refractivity contribution in [1.82, 2.24) is 9.62 Å². The molecule has 0 aliphatic carbocycles. The number of aliphatic hydroxyl groups excluding tert-OH is 1. The van der Waals surface area contributed by atoms with Crippen LogP contribution in [0.3, 0.4) is 0 Å². The Bertz CT molecular complexity index is 781. The van der Waals surface area contributed by atoms with E-state index in [1.165, 1.54) is 24.0 Å². The predicted octanol–water partition coefficient (Wildman–Crippen LogP) is 1.43. The van der Waals surface area contributed by atoms with Crippen molar-refractivity contribution < 1.29 is 27.9 Å². The summed E-state index contributed by atoms with van der Waals surface area (Å²) in [5.41, 5.74) is 0. The lowest BCUT2D eigenvalue weighted by Gasteiger charge is -2.22. The second-order valence-electron chi connectivity index (χ2n) is 5.59. The maximum Gasteiger partial charge on any atom is 0.327 e. The van der Waals surface area contributed by atoms with Gasteiger partial charge in [0.25, 0.3) is 5.91 Å². The number of amides is 1. The van der Waals surface area contributed by atoms with Gasteiger partial charge in [0.05, 0.1) is 21.0 Å². The van der Waals surface area contributed by atoms with Crippen LogP contribution in [0.2, 0.25) is 10.0 Å². The molecule has 1 rings (SSSR count). The summed E-state index contributed by atoms with van der Waals surface area (Å²) in [5, 5.41) is 9.97. The van der Waals surface area contributed by atoms with E-state index in [1.807, 2.05) is 0 Å². The molecular formula is C16H22Cl2N2O6S. The van der Waals surface area contributed by atoms with Gasteiger partial charge in [-0.25, -0.2) is 8.42 Å². The highest BCUT2D eigenvalue weighted by molar-refractivity contribution is 7.89. The fraction of sp³-hybridized carbons (Fsp3) is 0.500. The first kappa shape index (κ1) is 23.6. The van der Waals surface area contributed by atoms with Crippen molar-refractivity contribution in [2.45, 2.75) is 37.8 Å². The van der Waals surface area contributed by atoms with Crippen LogP contribution in [-0.2, 0) is 24.3 Å². The van der Waals surface area contributed by atoms with E-state index in [-0.39, 0.29) is 14.9 Å². The number of carbonyl (C=O) groups excluding carboxylic acids is 2. The largest absolute Gasteiger partial charge is 0.454 e. The first-order valence-corrected chi connectivity index (χ1v) is 10.4. The SMILES string of the molecule is CCN(CC)C(=O)COC(=O)C(NS(=O)(=O)c1ccc(Cl)c(Cl)c1)C(C)O. The Morgan fingerprint density at radius 2 is 1.81 bits per heavy atom. The number of sulfonamides is 1. The Hall–Kier alpha value is -1.39. The van der Waals surface area contributed by atoms with Gasteiger partial charge in [-0.1, -0.05) is 23.2 Å². The van der Waals surface area contributed by atoms with Crippen molar-refractivity contribution in [3.63, 3.8) is 0 Å². The lowest BCUT2D eigenvalue weighted by Crippen LogP contribution is -2.49. The monoisotopic (exact) mass is 440 g/mol. The van der Waals surface area contributed by atoms with E-state index < -0.39 is 40.7 Å². The zero-order valence-electron chi connectivity index (χ0n) is 15.1. The van der Waals surface area contributed by atoms with Crippen LogP contribution < -0.4 is 4.72 Å². The number of halogens is 2. The number of nitrogens with zero attached hydrogens (tertiary/aromatic N) is 1. The highest BCUT2D eigenvalue weighted by atomic mass is 35.5. The molecule has 1 aromatic carbocycles. The number of carbonyl (C=O) groups is 2. The fourth-order valence-corrected chi connectivity index (χ4v) is 3.76. The lowest BCUT2D eigenvalue weighted by molar-refractivity contribution is -0.155. The average Bonchev–Trinajstić information content (AvgIpc) is 2.60. The van der Waals surface area contributed by atoms with Crippen LogP contribution in [0.25, 0.3) is 0 Å². The predicted molar refractivity (Wildman–Crippen MR) is 101 cm³/mol. The molecule has 2 N–H and O–H groups in total. The van der Waals surface area contributed by atoms with Crippen molar-refractivity contribution in [1.29, 1.82) is 0 Å². The highest BCUT2D eigenvalue weighted by Crippen LogP contribution is 2.25. The molecule has 0 heterocycles. The molecular weight excluding hydrogens is 419 g/mol. The zero-order valence-corrected chi connectivity index (χ0v) is 17.4. The minimum Gasteiger partial charge on any atom is -0.454 e. The zero-order chi connectivity index (χ0) is 20.8. The van der Waals surface area contributed by atoms with E-state index in [0.29, 0.717) is 13.1 Å². The van der Waals surface area contributed by atoms with E-state index in [4.69, 9.17) is 27.9 Å². The lowest BCUT2D eigenvalue weighted by atomic mass is 10.2. The van der Waals surface area contributed by atoms with Crippen LogP contribution in [0.15, 0.2) is 23.1 Å². The number of aliphatic hydroxyl groups is 1. The smallest absolute Gasteiger partial charge is 0.327 e. The second kappa shape index (κ2) is 10.2. The third kappa shape index (κ3) is 6.62. The highest BCUT2D eigenvalue weighted by Gasteiger charge is 2.31. The second-order valence-corrected chi connectivity index (χ2v) is 8.12. The van der Waals surface area contributed by atoms with Gasteiger partial charge >= 0.3 is 5.97 Å². The molecule has 0 fully saturated rings. The van der Waals surface area contributed by atoms with Crippen LogP contribution in [0.1, 0.15) is 20.8 Å². The average molecular weight is 441 g/mol. The number of rotatable bonds is 9. The Morgan fingerprint density at radius 1 is 1.22 bits per heavy atom. The normalized spacial score (nSPS) is 13.7. The molecule has 0 saturated carbocycles. The summed E-state index contributed by atoms with van der Waals surface area (Å²) in [6, 6.07) is 2.00. The molecule has 27 heavy (non-hydrogen) atoms. The summed E-state index contributed by atoms with van der Waals surface area (Å²) in [6.45, 7) is 5.08. The molecule has 0 aromatic heterocycles. The number of ether oxygens (including phenoxy) is 1. The molecule has 1 aromatic rings. The topological polar surface area (TPSA) is 113 Å². The number of benzene rings is 1. The van der Waals surface area contributed by atoms with Crippen molar-refractivity contribution in [3.05, 3.63) is 28.2 Å². The number of nitrogens with one attached hydrogen (secondary N) is 1. The van der Waals surface area contributed by atoms with E-state index >= 15 is 0 Å². The fourth-order valence-electron chi connectivity index (χ4n) is 2.11. The van der Waals surface area contributed by atoms with E-state index in [1.54, 1.807) is 13.8 Å². The minimum absolute atomic E-state index is 0.0144. The molecule has 0 aliphatic rings. The summed E-state index contributed by atoms with van der Waals surface area (Å²) < 4.78 is 31.8. The Kier molecular flexibility index (Phi) is 8.97. The molecule has 2 atom stereocenters. The number of likely N-dealkylation sites (N-methyl/N-ethyl adjacent to an activating group) is 1.